The van der Waals surface area contributed by atoms with Crippen LogP contribution in [0.4, 0.5) is 0 Å². The number of benzene rings is 1. The Hall–Kier alpha value is -1.75. The highest BCUT2D eigenvalue weighted by molar-refractivity contribution is 5.85. The highest BCUT2D eigenvalue weighted by atomic mass is 14.7. The van der Waals surface area contributed by atoms with Crippen LogP contribution in [0.2, 0.25) is 0 Å². The average molecular weight is 212 g/mol. The molecule has 3 rings (SSSR count). The van der Waals surface area contributed by atoms with Crippen LogP contribution in [0.15, 0.2) is 30.5 Å². The molecule has 1 N–H and O–H groups in total. The van der Waals surface area contributed by atoms with Crippen LogP contribution >= 0.6 is 0 Å². The van der Waals surface area contributed by atoms with E-state index in [1.165, 1.54) is 10.9 Å². The minimum Gasteiger partial charge on any atom is -0.361 e. The number of rotatable bonds is 1. The number of H-pyrrole nitrogens is 1. The van der Waals surface area contributed by atoms with Crippen LogP contribution in [0.3, 0.4) is 0 Å². The van der Waals surface area contributed by atoms with Gasteiger partial charge in [-0.2, -0.15) is 5.26 Å². The topological polar surface area (TPSA) is 39.6 Å². The summed E-state index contributed by atoms with van der Waals surface area (Å²) >= 11 is 0. The van der Waals surface area contributed by atoms with E-state index >= 15 is 0 Å². The molecule has 1 aromatic heterocycles. The van der Waals surface area contributed by atoms with Crippen LogP contribution < -0.4 is 0 Å². The Morgan fingerprint density at radius 2 is 1.94 bits per heavy atom. The lowest BCUT2D eigenvalue weighted by Gasteiger charge is -2.02. The second-order valence-corrected chi connectivity index (χ2v) is 3.94. The van der Waals surface area contributed by atoms with Crippen LogP contribution in [0.5, 0.6) is 0 Å². The maximum atomic E-state index is 9.12. The summed E-state index contributed by atoms with van der Waals surface area (Å²) in [4.78, 5) is 3.22. The van der Waals surface area contributed by atoms with Gasteiger partial charge >= 0.3 is 0 Å². The van der Waals surface area contributed by atoms with E-state index in [0.29, 0.717) is 0 Å². The highest BCUT2D eigenvalue weighted by Crippen LogP contribution is 2.49. The molecular weight excluding hydrogens is 196 g/mol. The molecule has 82 valence electrons. The molecule has 1 fully saturated rings. The largest absolute Gasteiger partial charge is 0.361 e. The van der Waals surface area contributed by atoms with Crippen molar-refractivity contribution in [3.8, 4) is 6.07 Å². The van der Waals surface area contributed by atoms with Crippen LogP contribution in [-0.2, 0) is 5.41 Å². The number of fused-ring (bicyclic) bond motifs is 1. The van der Waals surface area contributed by atoms with Gasteiger partial charge in [-0.15, -0.1) is 0 Å². The van der Waals surface area contributed by atoms with Crippen molar-refractivity contribution in [1.29, 1.82) is 5.26 Å². The van der Waals surface area contributed by atoms with Crippen LogP contribution in [0, 0.1) is 11.3 Å². The quantitative estimate of drug-likeness (QED) is 0.768. The van der Waals surface area contributed by atoms with Crippen molar-refractivity contribution in [1.82, 2.24) is 4.98 Å². The van der Waals surface area contributed by atoms with Gasteiger partial charge in [0.15, 0.2) is 0 Å². The van der Waals surface area contributed by atoms with E-state index in [-0.39, 0.29) is 5.41 Å². The van der Waals surface area contributed by atoms with Crippen molar-refractivity contribution in [3.05, 3.63) is 36.0 Å². The summed E-state index contributed by atoms with van der Waals surface area (Å²) in [7, 11) is 0. The molecule has 2 aromatic rings. The lowest BCUT2D eigenvalue weighted by molar-refractivity contribution is 0.919. The molecule has 0 bridgehead atoms. The highest BCUT2D eigenvalue weighted by Gasteiger charge is 2.46. The Bertz CT molecular complexity index is 527. The van der Waals surface area contributed by atoms with Gasteiger partial charge < -0.3 is 4.98 Å². The summed E-state index contributed by atoms with van der Waals surface area (Å²) in [6, 6.07) is 10.6. The van der Waals surface area contributed by atoms with Crippen molar-refractivity contribution in [2.24, 2.45) is 0 Å². The lowest BCUT2D eigenvalue weighted by atomic mass is 9.97. The van der Waals surface area contributed by atoms with E-state index in [4.69, 9.17) is 5.26 Å². The number of aromatic amines is 1. The number of nitriles is 1. The Morgan fingerprint density at radius 1 is 1.25 bits per heavy atom. The third kappa shape index (κ3) is 1.49. The predicted octanol–water partition coefficient (Wildman–Crippen LogP) is 3.75. The standard InChI is InChI=1S/C12H10N2.C2H6/c13-8-12(5-6-12)10-7-14-11-4-2-1-3-9(10)11;1-2/h1-4,7,14H,5-6H2;1-2H3. The van der Waals surface area contributed by atoms with Gasteiger partial charge in [0, 0.05) is 17.1 Å². The molecule has 1 aliphatic carbocycles. The summed E-state index contributed by atoms with van der Waals surface area (Å²) in [5, 5.41) is 10.3. The average Bonchev–Trinajstić information content (AvgIpc) is 3.04. The molecule has 0 spiro atoms. The zero-order chi connectivity index (χ0) is 11.6. The zero-order valence-corrected chi connectivity index (χ0v) is 9.75. The fourth-order valence-corrected chi connectivity index (χ4v) is 2.03. The van der Waals surface area contributed by atoms with Gasteiger partial charge in [0.2, 0.25) is 0 Å². The molecule has 0 radical (unpaired) electrons. The SMILES string of the molecule is CC.N#CC1(c2c[nH]c3ccccc23)CC1. The number of nitrogens with zero attached hydrogens (tertiary/aromatic N) is 1. The van der Waals surface area contributed by atoms with Gasteiger partial charge in [-0.05, 0) is 24.5 Å². The third-order valence-electron chi connectivity index (χ3n) is 3.07. The Balaban J connectivity index is 0.000000457. The fraction of sp³-hybridized carbons (Fsp3) is 0.357. The minimum atomic E-state index is -0.181. The number of aromatic nitrogens is 1. The monoisotopic (exact) mass is 212 g/mol. The molecule has 1 aliphatic rings. The van der Waals surface area contributed by atoms with E-state index in [1.807, 2.05) is 38.2 Å². The van der Waals surface area contributed by atoms with E-state index < -0.39 is 0 Å². The van der Waals surface area contributed by atoms with Crippen LogP contribution in [-0.4, -0.2) is 4.98 Å². The summed E-state index contributed by atoms with van der Waals surface area (Å²) in [6.45, 7) is 4.00. The Labute approximate surface area is 95.9 Å². The second kappa shape index (κ2) is 4.02. The van der Waals surface area contributed by atoms with E-state index in [0.717, 1.165) is 18.4 Å². The third-order valence-corrected chi connectivity index (χ3v) is 3.07. The summed E-state index contributed by atoms with van der Waals surface area (Å²) in [5.74, 6) is 0. The molecule has 2 nitrogen and oxygen atoms in total. The van der Waals surface area contributed by atoms with Crippen molar-refractivity contribution in [2.75, 3.05) is 0 Å². The van der Waals surface area contributed by atoms with Crippen molar-refractivity contribution >= 4 is 10.9 Å². The number of hydrogen-bond acceptors (Lipinski definition) is 1. The Morgan fingerprint density at radius 3 is 2.56 bits per heavy atom. The predicted molar refractivity (Wildman–Crippen MR) is 66.2 cm³/mol. The molecule has 0 unspecified atom stereocenters. The normalized spacial score (nSPS) is 16.1. The number of hydrogen-bond donors (Lipinski definition) is 1. The molecule has 2 heteroatoms. The van der Waals surface area contributed by atoms with Crippen LogP contribution in [0.1, 0.15) is 32.3 Å². The first-order valence-corrected chi connectivity index (χ1v) is 5.84. The summed E-state index contributed by atoms with van der Waals surface area (Å²) in [5.41, 5.74) is 2.12. The van der Waals surface area contributed by atoms with Gasteiger partial charge in [0.25, 0.3) is 0 Å². The number of para-hydroxylation sites is 1. The maximum Gasteiger partial charge on any atom is 0.0844 e. The molecule has 1 aromatic carbocycles. The molecule has 1 saturated carbocycles. The van der Waals surface area contributed by atoms with E-state index in [9.17, 15) is 0 Å². The molecular formula is C14H16N2. The summed E-state index contributed by atoms with van der Waals surface area (Å²) in [6.07, 6.45) is 4.00. The molecule has 16 heavy (non-hydrogen) atoms. The number of nitrogens with one attached hydrogen (secondary N) is 1. The van der Waals surface area contributed by atoms with Crippen LogP contribution in [0.25, 0.3) is 10.9 Å². The molecule has 0 aliphatic heterocycles. The first-order chi connectivity index (χ1) is 7.86. The van der Waals surface area contributed by atoms with Crippen molar-refractivity contribution in [2.45, 2.75) is 32.1 Å². The molecule has 1 heterocycles. The molecule has 0 saturated heterocycles. The zero-order valence-electron chi connectivity index (χ0n) is 9.75. The first kappa shape index (κ1) is 10.8. The summed E-state index contributed by atoms with van der Waals surface area (Å²) < 4.78 is 0. The van der Waals surface area contributed by atoms with Gasteiger partial charge in [0.05, 0.1) is 11.5 Å². The smallest absolute Gasteiger partial charge is 0.0844 e. The molecule has 0 amide bonds. The first-order valence-electron chi connectivity index (χ1n) is 5.84. The van der Waals surface area contributed by atoms with Crippen molar-refractivity contribution in [3.63, 3.8) is 0 Å². The lowest BCUT2D eigenvalue weighted by Crippen LogP contribution is -2.00. The van der Waals surface area contributed by atoms with Gasteiger partial charge in [-0.1, -0.05) is 32.0 Å². The van der Waals surface area contributed by atoms with Gasteiger partial charge in [-0.3, -0.25) is 0 Å². The van der Waals surface area contributed by atoms with Gasteiger partial charge in [-0.25, -0.2) is 0 Å². The van der Waals surface area contributed by atoms with E-state index in [2.05, 4.69) is 17.1 Å². The molecule has 0 atom stereocenters. The second-order valence-electron chi connectivity index (χ2n) is 3.94. The van der Waals surface area contributed by atoms with Gasteiger partial charge in [0.1, 0.15) is 0 Å². The maximum absolute atomic E-state index is 9.12. The Kier molecular flexibility index (Phi) is 2.70. The fourth-order valence-electron chi connectivity index (χ4n) is 2.03. The van der Waals surface area contributed by atoms with E-state index in [1.54, 1.807) is 0 Å². The van der Waals surface area contributed by atoms with Crippen molar-refractivity contribution < 1.29 is 0 Å². The minimum absolute atomic E-state index is 0.181.